The van der Waals surface area contributed by atoms with Crippen LogP contribution in [-0.4, -0.2) is 62.9 Å². The van der Waals surface area contributed by atoms with E-state index in [2.05, 4.69) is 10.4 Å². The summed E-state index contributed by atoms with van der Waals surface area (Å²) in [6.07, 6.45) is 6.57. The summed E-state index contributed by atoms with van der Waals surface area (Å²) in [5.41, 5.74) is 0.860. The van der Waals surface area contributed by atoms with Crippen LogP contribution in [0, 0.1) is 0 Å². The molecule has 2 aromatic rings. The average Bonchev–Trinajstić information content (AvgIpc) is 3.30. The van der Waals surface area contributed by atoms with Crippen LogP contribution in [-0.2, 0) is 16.6 Å². The molecule has 1 amide bonds. The maximum absolute atomic E-state index is 11.6. The zero-order valence-corrected chi connectivity index (χ0v) is 15.4. The van der Waals surface area contributed by atoms with Crippen molar-refractivity contribution in [2.75, 3.05) is 31.6 Å². The molecule has 140 valence electrons. The first-order valence-electron chi connectivity index (χ1n) is 9.42. The Morgan fingerprint density at radius 2 is 2.15 bits per heavy atom. The number of nitrogens with zero attached hydrogens (tertiary/aromatic N) is 5. The Hall–Kier alpha value is -2.22. The summed E-state index contributed by atoms with van der Waals surface area (Å²) < 4.78 is 7.61. The van der Waals surface area contributed by atoms with E-state index >= 15 is 0 Å². The van der Waals surface area contributed by atoms with E-state index in [1.54, 1.807) is 17.8 Å². The third-order valence-corrected chi connectivity index (χ3v) is 5.41. The highest BCUT2D eigenvalue weighted by Crippen LogP contribution is 2.34. The maximum Gasteiger partial charge on any atom is 0.219 e. The van der Waals surface area contributed by atoms with E-state index in [4.69, 9.17) is 14.7 Å². The van der Waals surface area contributed by atoms with E-state index in [0.717, 1.165) is 35.5 Å². The van der Waals surface area contributed by atoms with Crippen molar-refractivity contribution >= 4 is 22.8 Å². The first kappa shape index (κ1) is 17.2. The Labute approximate surface area is 152 Å². The molecule has 1 aliphatic heterocycles. The van der Waals surface area contributed by atoms with E-state index in [9.17, 15) is 4.79 Å². The van der Waals surface area contributed by atoms with Crippen molar-refractivity contribution in [1.29, 1.82) is 0 Å². The Balaban J connectivity index is 1.54. The summed E-state index contributed by atoms with van der Waals surface area (Å²) in [6.45, 7) is 4.06. The molecule has 1 atom stereocenters. The van der Waals surface area contributed by atoms with Crippen LogP contribution in [0.5, 0.6) is 0 Å². The van der Waals surface area contributed by atoms with E-state index in [1.807, 2.05) is 11.9 Å². The minimum Gasteiger partial charge on any atom is -0.373 e. The van der Waals surface area contributed by atoms with Crippen LogP contribution in [0.3, 0.4) is 0 Å². The zero-order chi connectivity index (χ0) is 18.1. The zero-order valence-electron chi connectivity index (χ0n) is 15.4. The molecule has 8 heteroatoms. The number of morpholine rings is 1. The molecular weight excluding hydrogens is 332 g/mol. The molecule has 8 nitrogen and oxygen atoms in total. The van der Waals surface area contributed by atoms with Gasteiger partial charge in [-0.3, -0.25) is 9.48 Å². The molecule has 1 aliphatic carbocycles. The van der Waals surface area contributed by atoms with Gasteiger partial charge in [-0.2, -0.15) is 5.10 Å². The second-order valence-corrected chi connectivity index (χ2v) is 7.26. The highest BCUT2D eigenvalue weighted by Gasteiger charge is 2.24. The molecule has 0 radical (unpaired) electrons. The molecule has 1 saturated heterocycles. The molecule has 2 aromatic heterocycles. The molecule has 2 fully saturated rings. The van der Waals surface area contributed by atoms with Crippen LogP contribution < -0.4 is 5.32 Å². The van der Waals surface area contributed by atoms with Crippen molar-refractivity contribution in [2.24, 2.45) is 7.05 Å². The van der Waals surface area contributed by atoms with E-state index in [1.165, 1.54) is 12.8 Å². The Kier molecular flexibility index (Phi) is 4.76. The van der Waals surface area contributed by atoms with Crippen LogP contribution in [0.15, 0.2) is 6.20 Å². The summed E-state index contributed by atoms with van der Waals surface area (Å²) >= 11 is 0. The topological polar surface area (TPSA) is 85.2 Å². The average molecular weight is 358 g/mol. The number of rotatable bonds is 4. The van der Waals surface area contributed by atoms with Gasteiger partial charge in [-0.05, 0) is 12.8 Å². The molecule has 4 rings (SSSR count). The number of hydrogen-bond acceptors (Lipinski definition) is 6. The van der Waals surface area contributed by atoms with Crippen molar-refractivity contribution in [3.05, 3.63) is 12.0 Å². The highest BCUT2D eigenvalue weighted by molar-refractivity contribution is 5.86. The number of amides is 1. The van der Waals surface area contributed by atoms with Crippen LogP contribution in [0.1, 0.15) is 44.3 Å². The van der Waals surface area contributed by atoms with Gasteiger partial charge in [0.15, 0.2) is 5.65 Å². The second-order valence-electron chi connectivity index (χ2n) is 7.26. The minimum absolute atomic E-state index is 0.0377. The van der Waals surface area contributed by atoms with Crippen LogP contribution in [0.25, 0.3) is 11.0 Å². The molecule has 0 aromatic carbocycles. The van der Waals surface area contributed by atoms with Crippen LogP contribution >= 0.6 is 0 Å². The Bertz CT molecular complexity index is 798. The number of anilines is 1. The number of fused-ring (bicyclic) bond motifs is 1. The smallest absolute Gasteiger partial charge is 0.219 e. The molecular formula is C18H26N6O2. The highest BCUT2D eigenvalue weighted by atomic mass is 16.5. The molecule has 26 heavy (non-hydrogen) atoms. The van der Waals surface area contributed by atoms with E-state index in [0.29, 0.717) is 32.2 Å². The van der Waals surface area contributed by atoms with E-state index < -0.39 is 0 Å². The third-order valence-electron chi connectivity index (χ3n) is 5.41. The van der Waals surface area contributed by atoms with Crippen molar-refractivity contribution < 1.29 is 9.53 Å². The van der Waals surface area contributed by atoms with Crippen LogP contribution in [0.4, 0.5) is 5.82 Å². The lowest BCUT2D eigenvalue weighted by Gasteiger charge is -2.32. The van der Waals surface area contributed by atoms with Gasteiger partial charge in [-0.25, -0.2) is 9.97 Å². The van der Waals surface area contributed by atoms with Gasteiger partial charge in [0, 0.05) is 39.5 Å². The maximum atomic E-state index is 11.6. The number of carbonyl (C=O) groups excluding carboxylic acids is 1. The number of ether oxygens (including phenoxy) is 1. The fraction of sp³-hybridized carbons (Fsp3) is 0.667. The van der Waals surface area contributed by atoms with Gasteiger partial charge in [0.05, 0.1) is 24.3 Å². The molecule has 0 spiro atoms. The molecule has 1 saturated carbocycles. The number of aryl methyl sites for hydroxylation is 1. The lowest BCUT2D eigenvalue weighted by molar-refractivity contribution is -0.135. The van der Waals surface area contributed by atoms with Gasteiger partial charge in [-0.1, -0.05) is 12.8 Å². The van der Waals surface area contributed by atoms with Gasteiger partial charge in [0.2, 0.25) is 5.91 Å². The summed E-state index contributed by atoms with van der Waals surface area (Å²) in [5, 5.41) is 8.70. The molecule has 0 bridgehead atoms. The van der Waals surface area contributed by atoms with Gasteiger partial charge in [-0.15, -0.1) is 0 Å². The SMILES string of the molecule is CC(=O)N1CCOC(CNc2nc(C3CCCC3)nc3c2cnn3C)C1. The van der Waals surface area contributed by atoms with Gasteiger partial charge < -0.3 is 15.0 Å². The predicted molar refractivity (Wildman–Crippen MR) is 98.0 cm³/mol. The Morgan fingerprint density at radius 3 is 2.92 bits per heavy atom. The standard InChI is InChI=1S/C18H26N6O2/c1-12(25)24-7-8-26-14(11-24)9-19-17-15-10-20-23(2)18(15)22-16(21-17)13-5-3-4-6-13/h10,13-14H,3-9,11H2,1-2H3,(H,19,21,22). The number of aromatic nitrogens is 4. The first-order chi connectivity index (χ1) is 12.6. The second kappa shape index (κ2) is 7.19. The quantitative estimate of drug-likeness (QED) is 0.895. The molecule has 1 N–H and O–H groups in total. The van der Waals surface area contributed by atoms with Crippen molar-refractivity contribution in [3.8, 4) is 0 Å². The lowest BCUT2D eigenvalue weighted by atomic mass is 10.1. The summed E-state index contributed by atoms with van der Waals surface area (Å²) in [7, 11) is 1.91. The fourth-order valence-corrected chi connectivity index (χ4v) is 3.88. The fourth-order valence-electron chi connectivity index (χ4n) is 3.88. The van der Waals surface area contributed by atoms with Gasteiger partial charge >= 0.3 is 0 Å². The third kappa shape index (κ3) is 3.38. The lowest BCUT2D eigenvalue weighted by Crippen LogP contribution is -2.47. The number of carbonyl (C=O) groups is 1. The van der Waals surface area contributed by atoms with Crippen molar-refractivity contribution in [1.82, 2.24) is 24.6 Å². The summed E-state index contributed by atoms with van der Waals surface area (Å²) in [5.74, 6) is 2.26. The monoisotopic (exact) mass is 358 g/mol. The molecule has 1 unspecified atom stereocenters. The molecule has 3 heterocycles. The van der Waals surface area contributed by atoms with Crippen molar-refractivity contribution in [3.63, 3.8) is 0 Å². The largest absolute Gasteiger partial charge is 0.373 e. The molecule has 2 aliphatic rings. The predicted octanol–water partition coefficient (Wildman–Crippen LogP) is 1.68. The normalized spacial score (nSPS) is 21.5. The minimum atomic E-state index is -0.0377. The van der Waals surface area contributed by atoms with Gasteiger partial charge in [0.1, 0.15) is 11.6 Å². The summed E-state index contributed by atoms with van der Waals surface area (Å²) in [6, 6.07) is 0. The Morgan fingerprint density at radius 1 is 1.35 bits per heavy atom. The first-order valence-corrected chi connectivity index (χ1v) is 9.42. The van der Waals surface area contributed by atoms with E-state index in [-0.39, 0.29) is 12.0 Å². The van der Waals surface area contributed by atoms with Gasteiger partial charge in [0.25, 0.3) is 0 Å². The van der Waals surface area contributed by atoms with Crippen LogP contribution in [0.2, 0.25) is 0 Å². The van der Waals surface area contributed by atoms with Crippen molar-refractivity contribution in [2.45, 2.75) is 44.6 Å². The summed E-state index contributed by atoms with van der Waals surface area (Å²) in [4.78, 5) is 23.0. The number of hydrogen-bond donors (Lipinski definition) is 1. The number of nitrogens with one attached hydrogen (secondary N) is 1.